The Morgan fingerprint density at radius 2 is 1.65 bits per heavy atom. The molecule has 0 heterocycles. The molecule has 0 radical (unpaired) electrons. The van der Waals surface area contributed by atoms with Gasteiger partial charge in [-0.15, -0.1) is 0 Å². The minimum absolute atomic E-state index is 0.144. The van der Waals surface area contributed by atoms with Crippen molar-refractivity contribution in [3.05, 3.63) is 86.9 Å². The first-order chi connectivity index (χ1) is 12.3. The molecule has 0 amide bonds. The van der Waals surface area contributed by atoms with Gasteiger partial charge in [-0.05, 0) is 73.5 Å². The van der Waals surface area contributed by atoms with Crippen LogP contribution < -0.4 is 11.1 Å². The largest absolute Gasteiger partial charge is 0.399 e. The first-order valence-electron chi connectivity index (χ1n) is 8.08. The van der Waals surface area contributed by atoms with E-state index in [1.807, 2.05) is 44.2 Å². The third-order valence-electron chi connectivity index (χ3n) is 4.19. The van der Waals surface area contributed by atoms with Crippen LogP contribution in [0, 0.1) is 13.8 Å². The highest BCUT2D eigenvalue weighted by molar-refractivity contribution is 6.35. The van der Waals surface area contributed by atoms with Crippen molar-refractivity contribution >= 4 is 46.0 Å². The number of rotatable bonds is 4. The highest BCUT2D eigenvalue weighted by atomic mass is 35.5. The first kappa shape index (κ1) is 18.3. The van der Waals surface area contributed by atoms with Gasteiger partial charge in [-0.3, -0.25) is 4.79 Å². The molecule has 0 spiro atoms. The van der Waals surface area contributed by atoms with Gasteiger partial charge in [0.1, 0.15) is 0 Å². The number of halogens is 2. The minimum atomic E-state index is -0.144. The van der Waals surface area contributed by atoms with Gasteiger partial charge >= 0.3 is 0 Å². The van der Waals surface area contributed by atoms with Crippen molar-refractivity contribution in [1.29, 1.82) is 0 Å². The average molecular weight is 385 g/mol. The zero-order valence-electron chi connectivity index (χ0n) is 14.4. The van der Waals surface area contributed by atoms with E-state index in [-0.39, 0.29) is 5.78 Å². The van der Waals surface area contributed by atoms with Crippen molar-refractivity contribution in [2.24, 2.45) is 0 Å². The van der Waals surface area contributed by atoms with Crippen LogP contribution in [0.15, 0.2) is 54.6 Å². The summed E-state index contributed by atoms with van der Waals surface area (Å²) >= 11 is 12.4. The lowest BCUT2D eigenvalue weighted by molar-refractivity contribution is 0.103. The maximum absolute atomic E-state index is 12.8. The molecule has 3 aromatic rings. The molecule has 5 heteroatoms. The molecule has 0 bridgehead atoms. The second-order valence-corrected chi connectivity index (χ2v) is 7.03. The molecule has 0 aliphatic heterocycles. The summed E-state index contributed by atoms with van der Waals surface area (Å²) in [6.45, 7) is 3.84. The zero-order chi connectivity index (χ0) is 18.8. The molecule has 0 aliphatic rings. The van der Waals surface area contributed by atoms with Gasteiger partial charge in [0, 0.05) is 33.2 Å². The van der Waals surface area contributed by atoms with Gasteiger partial charge in [-0.1, -0.05) is 29.3 Å². The molecule has 0 saturated carbocycles. The second-order valence-electron chi connectivity index (χ2n) is 6.18. The summed E-state index contributed by atoms with van der Waals surface area (Å²) in [6, 6.07) is 16.2. The van der Waals surface area contributed by atoms with E-state index in [0.29, 0.717) is 26.9 Å². The van der Waals surface area contributed by atoms with Crippen LogP contribution >= 0.6 is 23.2 Å². The van der Waals surface area contributed by atoms with E-state index in [1.165, 1.54) is 0 Å². The number of ketones is 1. The number of aryl methyl sites for hydroxylation is 2. The predicted molar refractivity (Wildman–Crippen MR) is 110 cm³/mol. The smallest absolute Gasteiger partial charge is 0.194 e. The van der Waals surface area contributed by atoms with E-state index in [2.05, 4.69) is 5.32 Å². The molecule has 3 nitrogen and oxygen atoms in total. The zero-order valence-corrected chi connectivity index (χ0v) is 15.9. The van der Waals surface area contributed by atoms with Crippen molar-refractivity contribution in [3.8, 4) is 0 Å². The summed E-state index contributed by atoms with van der Waals surface area (Å²) < 4.78 is 0. The summed E-state index contributed by atoms with van der Waals surface area (Å²) in [6.07, 6.45) is 0. The lowest BCUT2D eigenvalue weighted by Gasteiger charge is -2.12. The molecule has 3 aromatic carbocycles. The third kappa shape index (κ3) is 3.85. The molecule has 0 aliphatic carbocycles. The van der Waals surface area contributed by atoms with E-state index < -0.39 is 0 Å². The Morgan fingerprint density at radius 1 is 0.885 bits per heavy atom. The van der Waals surface area contributed by atoms with Crippen LogP contribution in [-0.4, -0.2) is 5.78 Å². The summed E-state index contributed by atoms with van der Waals surface area (Å²) in [5.74, 6) is -0.144. The van der Waals surface area contributed by atoms with Crippen LogP contribution in [-0.2, 0) is 0 Å². The lowest BCUT2D eigenvalue weighted by atomic mass is 9.98. The Balaban J connectivity index is 1.90. The molecule has 26 heavy (non-hydrogen) atoms. The Hall–Kier alpha value is -2.49. The molecule has 0 unspecified atom stereocenters. The summed E-state index contributed by atoms with van der Waals surface area (Å²) in [4.78, 5) is 12.8. The van der Waals surface area contributed by atoms with Crippen molar-refractivity contribution in [2.45, 2.75) is 13.8 Å². The normalized spacial score (nSPS) is 10.6. The van der Waals surface area contributed by atoms with Crippen LogP contribution in [0.3, 0.4) is 0 Å². The maximum atomic E-state index is 12.8. The Bertz CT molecular complexity index is 999. The number of benzene rings is 3. The van der Waals surface area contributed by atoms with E-state index in [9.17, 15) is 4.79 Å². The number of nitrogens with one attached hydrogen (secondary N) is 1. The van der Waals surface area contributed by atoms with E-state index in [1.54, 1.807) is 24.3 Å². The average Bonchev–Trinajstić information content (AvgIpc) is 2.59. The van der Waals surface area contributed by atoms with Gasteiger partial charge in [0.25, 0.3) is 0 Å². The Morgan fingerprint density at radius 3 is 2.35 bits per heavy atom. The molecular formula is C21H18Cl2N2O. The second kappa shape index (κ2) is 7.40. The summed E-state index contributed by atoms with van der Waals surface area (Å²) in [5, 5.41) is 4.36. The van der Waals surface area contributed by atoms with Crippen molar-refractivity contribution in [1.82, 2.24) is 0 Å². The Kier molecular flexibility index (Phi) is 5.21. The number of carbonyl (C=O) groups excluding carboxylic acids is 1. The molecule has 3 N–H and O–H groups in total. The lowest BCUT2D eigenvalue weighted by Crippen LogP contribution is -2.06. The number of nitrogens with two attached hydrogens (primary N) is 1. The maximum Gasteiger partial charge on any atom is 0.194 e. The van der Waals surface area contributed by atoms with Crippen LogP contribution in [0.25, 0.3) is 0 Å². The molecular weight excluding hydrogens is 367 g/mol. The number of hydrogen-bond donors (Lipinski definition) is 2. The number of carbonyl (C=O) groups is 1. The van der Waals surface area contributed by atoms with Gasteiger partial charge in [0.15, 0.2) is 5.78 Å². The van der Waals surface area contributed by atoms with Gasteiger partial charge in [-0.2, -0.15) is 0 Å². The molecule has 132 valence electrons. The number of anilines is 3. The van der Waals surface area contributed by atoms with Gasteiger partial charge in [0.2, 0.25) is 0 Å². The molecule has 3 rings (SSSR count). The summed E-state index contributed by atoms with van der Waals surface area (Å²) in [5.41, 5.74) is 11.0. The van der Waals surface area contributed by atoms with Crippen LogP contribution in [0.5, 0.6) is 0 Å². The quantitative estimate of drug-likeness (QED) is 0.417. The van der Waals surface area contributed by atoms with Crippen molar-refractivity contribution in [3.63, 3.8) is 0 Å². The third-order valence-corrected chi connectivity index (χ3v) is 4.74. The highest BCUT2D eigenvalue weighted by Crippen LogP contribution is 2.29. The molecule has 0 saturated heterocycles. The number of nitrogen functional groups attached to an aromatic ring is 1. The van der Waals surface area contributed by atoms with Crippen LogP contribution in [0.4, 0.5) is 17.1 Å². The standard InChI is InChI=1S/C21H18Cl2N2O/c1-12-3-5-15(24)10-18(12)21(26)17-7-6-16(11-19(17)23)25-20-8-4-14(22)9-13(20)2/h3-11,25H,24H2,1-2H3. The van der Waals surface area contributed by atoms with Crippen molar-refractivity contribution in [2.75, 3.05) is 11.1 Å². The minimum Gasteiger partial charge on any atom is -0.399 e. The fraction of sp³-hybridized carbons (Fsp3) is 0.0952. The highest BCUT2D eigenvalue weighted by Gasteiger charge is 2.16. The monoisotopic (exact) mass is 384 g/mol. The van der Waals surface area contributed by atoms with E-state index in [0.717, 1.165) is 22.5 Å². The van der Waals surface area contributed by atoms with Gasteiger partial charge < -0.3 is 11.1 Å². The summed E-state index contributed by atoms with van der Waals surface area (Å²) in [7, 11) is 0. The number of hydrogen-bond acceptors (Lipinski definition) is 3. The van der Waals surface area contributed by atoms with E-state index in [4.69, 9.17) is 28.9 Å². The topological polar surface area (TPSA) is 55.1 Å². The molecule has 0 aromatic heterocycles. The first-order valence-corrected chi connectivity index (χ1v) is 8.84. The SMILES string of the molecule is Cc1cc(Cl)ccc1Nc1ccc(C(=O)c2cc(N)ccc2C)c(Cl)c1. The van der Waals surface area contributed by atoms with Crippen LogP contribution in [0.2, 0.25) is 10.0 Å². The van der Waals surface area contributed by atoms with Crippen molar-refractivity contribution < 1.29 is 4.79 Å². The molecule has 0 fully saturated rings. The predicted octanol–water partition coefficient (Wildman–Crippen LogP) is 6.17. The van der Waals surface area contributed by atoms with E-state index >= 15 is 0 Å². The van der Waals surface area contributed by atoms with Gasteiger partial charge in [-0.25, -0.2) is 0 Å². The molecule has 0 atom stereocenters. The Labute approximate surface area is 162 Å². The van der Waals surface area contributed by atoms with Gasteiger partial charge in [0.05, 0.1) is 5.02 Å². The fourth-order valence-corrected chi connectivity index (χ4v) is 3.22. The fourth-order valence-electron chi connectivity index (χ4n) is 2.73. The van der Waals surface area contributed by atoms with Crippen LogP contribution in [0.1, 0.15) is 27.0 Å².